The zero-order valence-electron chi connectivity index (χ0n) is 18.6. The highest BCUT2D eigenvalue weighted by Crippen LogP contribution is 2.41. The van der Waals surface area contributed by atoms with Gasteiger partial charge in [0, 0.05) is 12.1 Å². The zero-order chi connectivity index (χ0) is 24.4. The number of carbonyl (C=O) groups is 3. The zero-order valence-corrected chi connectivity index (χ0v) is 18.6. The Kier molecular flexibility index (Phi) is 6.27. The molecule has 0 aromatic heterocycles. The number of halogens is 1. The second-order valence-electron chi connectivity index (χ2n) is 7.98. The number of hydrogen-bond acceptors (Lipinski definition) is 5. The second kappa shape index (κ2) is 9.31. The number of likely N-dealkylation sites (tertiary alicyclic amines) is 1. The summed E-state index contributed by atoms with van der Waals surface area (Å²) in [5.41, 5.74) is 2.76. The van der Waals surface area contributed by atoms with Crippen LogP contribution in [0, 0.1) is 12.7 Å². The maximum Gasteiger partial charge on any atom is 0.337 e. The number of aliphatic hydroxyl groups excluding tert-OH is 1. The molecule has 0 saturated carbocycles. The quantitative estimate of drug-likeness (QED) is 0.262. The lowest BCUT2D eigenvalue weighted by molar-refractivity contribution is -0.140. The van der Waals surface area contributed by atoms with Crippen molar-refractivity contribution in [2.75, 3.05) is 7.11 Å². The van der Waals surface area contributed by atoms with Crippen LogP contribution in [0.4, 0.5) is 4.39 Å². The van der Waals surface area contributed by atoms with Gasteiger partial charge in [0.1, 0.15) is 11.6 Å². The molecule has 1 aliphatic rings. The lowest BCUT2D eigenvalue weighted by Crippen LogP contribution is -2.29. The molecule has 34 heavy (non-hydrogen) atoms. The van der Waals surface area contributed by atoms with Crippen molar-refractivity contribution in [3.8, 4) is 0 Å². The molecule has 1 atom stereocenters. The number of esters is 1. The number of ether oxygens (including phenoxy) is 1. The topological polar surface area (TPSA) is 83.9 Å². The summed E-state index contributed by atoms with van der Waals surface area (Å²) in [5.74, 6) is -2.90. The van der Waals surface area contributed by atoms with Crippen molar-refractivity contribution in [3.05, 3.63) is 112 Å². The number of benzene rings is 3. The van der Waals surface area contributed by atoms with Crippen molar-refractivity contribution < 1.29 is 28.6 Å². The summed E-state index contributed by atoms with van der Waals surface area (Å²) < 4.78 is 18.1. The van der Waals surface area contributed by atoms with Gasteiger partial charge < -0.3 is 14.7 Å². The first kappa shape index (κ1) is 22.9. The number of aryl methyl sites for hydroxylation is 1. The van der Waals surface area contributed by atoms with E-state index in [0.29, 0.717) is 16.7 Å². The standard InChI is InChI=1S/C27H22FNO5/c1-16-5-3-4-6-21(16)23-22(24(30)18-11-13-20(28)14-12-18)25(31)26(32)29(23)15-17-7-9-19(10-8-17)27(33)34-2/h3-14,23,30H,15H2,1-2H3/b24-22+. The van der Waals surface area contributed by atoms with Crippen LogP contribution >= 0.6 is 0 Å². The van der Waals surface area contributed by atoms with E-state index < -0.39 is 29.5 Å². The Bertz CT molecular complexity index is 1300. The molecule has 0 aliphatic carbocycles. The molecule has 1 unspecified atom stereocenters. The number of rotatable bonds is 5. The third kappa shape index (κ3) is 4.20. The van der Waals surface area contributed by atoms with Gasteiger partial charge in [-0.2, -0.15) is 0 Å². The molecule has 172 valence electrons. The van der Waals surface area contributed by atoms with Crippen LogP contribution in [-0.2, 0) is 20.9 Å². The molecule has 1 N–H and O–H groups in total. The van der Waals surface area contributed by atoms with Gasteiger partial charge in [-0.3, -0.25) is 9.59 Å². The molecule has 0 radical (unpaired) electrons. The fourth-order valence-electron chi connectivity index (χ4n) is 4.08. The van der Waals surface area contributed by atoms with Crippen molar-refractivity contribution >= 4 is 23.4 Å². The van der Waals surface area contributed by atoms with E-state index in [4.69, 9.17) is 4.74 Å². The summed E-state index contributed by atoms with van der Waals surface area (Å²) >= 11 is 0. The Morgan fingerprint density at radius 1 is 0.971 bits per heavy atom. The van der Waals surface area contributed by atoms with Gasteiger partial charge in [0.2, 0.25) is 0 Å². The summed E-state index contributed by atoms with van der Waals surface area (Å²) in [4.78, 5) is 39.4. The maximum atomic E-state index is 13.4. The van der Waals surface area contributed by atoms with Crippen LogP contribution in [0.2, 0.25) is 0 Å². The largest absolute Gasteiger partial charge is 0.507 e. The van der Waals surface area contributed by atoms with Crippen molar-refractivity contribution in [1.29, 1.82) is 0 Å². The predicted octanol–water partition coefficient (Wildman–Crippen LogP) is 4.54. The highest BCUT2D eigenvalue weighted by atomic mass is 19.1. The fraction of sp³-hybridized carbons (Fsp3) is 0.148. The van der Waals surface area contributed by atoms with Gasteiger partial charge in [-0.05, 0) is 60.0 Å². The number of amides is 1. The van der Waals surface area contributed by atoms with Gasteiger partial charge in [-0.25, -0.2) is 9.18 Å². The Balaban J connectivity index is 1.81. The minimum atomic E-state index is -0.841. The minimum Gasteiger partial charge on any atom is -0.507 e. The van der Waals surface area contributed by atoms with Crippen LogP contribution in [0.15, 0.2) is 78.4 Å². The first-order chi connectivity index (χ1) is 16.3. The molecule has 1 heterocycles. The van der Waals surface area contributed by atoms with Gasteiger partial charge >= 0.3 is 5.97 Å². The third-order valence-electron chi connectivity index (χ3n) is 5.87. The molecular weight excluding hydrogens is 437 g/mol. The molecule has 0 spiro atoms. The van der Waals surface area contributed by atoms with E-state index in [1.807, 2.05) is 19.1 Å². The predicted molar refractivity (Wildman–Crippen MR) is 123 cm³/mol. The third-order valence-corrected chi connectivity index (χ3v) is 5.87. The maximum absolute atomic E-state index is 13.4. The van der Waals surface area contributed by atoms with E-state index in [1.165, 1.54) is 36.3 Å². The summed E-state index contributed by atoms with van der Waals surface area (Å²) in [6.07, 6.45) is 0. The average Bonchev–Trinajstić information content (AvgIpc) is 3.09. The Morgan fingerprint density at radius 3 is 2.21 bits per heavy atom. The average molecular weight is 459 g/mol. The van der Waals surface area contributed by atoms with E-state index >= 15 is 0 Å². The molecule has 6 nitrogen and oxygen atoms in total. The number of aliphatic hydroxyl groups is 1. The molecule has 3 aromatic carbocycles. The lowest BCUT2D eigenvalue weighted by atomic mass is 9.92. The number of ketones is 1. The first-order valence-electron chi connectivity index (χ1n) is 10.6. The number of hydrogen-bond donors (Lipinski definition) is 1. The van der Waals surface area contributed by atoms with Gasteiger partial charge in [-0.1, -0.05) is 36.4 Å². The van der Waals surface area contributed by atoms with Crippen LogP contribution in [-0.4, -0.2) is 34.8 Å². The number of nitrogens with zero attached hydrogens (tertiary/aromatic N) is 1. The van der Waals surface area contributed by atoms with Crippen LogP contribution < -0.4 is 0 Å². The van der Waals surface area contributed by atoms with E-state index in [-0.39, 0.29) is 23.4 Å². The highest BCUT2D eigenvalue weighted by Gasteiger charge is 2.46. The van der Waals surface area contributed by atoms with Gasteiger partial charge in [0.15, 0.2) is 0 Å². The van der Waals surface area contributed by atoms with Crippen LogP contribution in [0.3, 0.4) is 0 Å². The Hall–Kier alpha value is -4.26. The molecule has 4 rings (SSSR count). The van der Waals surface area contributed by atoms with E-state index in [2.05, 4.69) is 0 Å². The smallest absolute Gasteiger partial charge is 0.337 e. The lowest BCUT2D eigenvalue weighted by Gasteiger charge is -2.26. The molecule has 1 saturated heterocycles. The van der Waals surface area contributed by atoms with E-state index in [1.54, 1.807) is 36.4 Å². The summed E-state index contributed by atoms with van der Waals surface area (Å²) in [5, 5.41) is 11.0. The monoisotopic (exact) mass is 459 g/mol. The SMILES string of the molecule is COC(=O)c1ccc(CN2C(=O)C(=O)/C(=C(/O)c3ccc(F)cc3)C2c2ccccc2C)cc1. The number of methoxy groups -OCH3 is 1. The van der Waals surface area contributed by atoms with E-state index in [0.717, 1.165) is 5.56 Å². The summed E-state index contributed by atoms with van der Waals surface area (Å²) in [6.45, 7) is 1.93. The van der Waals surface area contributed by atoms with Crippen LogP contribution in [0.25, 0.3) is 5.76 Å². The van der Waals surface area contributed by atoms with Crippen LogP contribution in [0.5, 0.6) is 0 Å². The van der Waals surface area contributed by atoms with E-state index in [9.17, 15) is 23.9 Å². The molecule has 1 fully saturated rings. The van der Waals surface area contributed by atoms with Gasteiger partial charge in [-0.15, -0.1) is 0 Å². The van der Waals surface area contributed by atoms with Crippen molar-refractivity contribution in [3.63, 3.8) is 0 Å². The molecule has 7 heteroatoms. The van der Waals surface area contributed by atoms with Gasteiger partial charge in [0.25, 0.3) is 11.7 Å². The van der Waals surface area contributed by atoms with Gasteiger partial charge in [0.05, 0.1) is 24.3 Å². The van der Waals surface area contributed by atoms with Crippen LogP contribution in [0.1, 0.15) is 38.7 Å². The fourth-order valence-corrected chi connectivity index (χ4v) is 4.08. The molecular formula is C27H22FNO5. The number of Topliss-reactive ketones (excluding diaryl/α,β-unsaturated/α-hetero) is 1. The minimum absolute atomic E-state index is 0.0583. The highest BCUT2D eigenvalue weighted by molar-refractivity contribution is 6.46. The second-order valence-corrected chi connectivity index (χ2v) is 7.98. The molecule has 3 aromatic rings. The summed E-state index contributed by atoms with van der Waals surface area (Å²) in [6, 6.07) is 18.1. The number of carbonyl (C=O) groups excluding carboxylic acids is 3. The summed E-state index contributed by atoms with van der Waals surface area (Å²) in [7, 11) is 1.29. The molecule has 1 aliphatic heterocycles. The Labute approximate surface area is 195 Å². The van der Waals surface area contributed by atoms with Crippen molar-refractivity contribution in [2.45, 2.75) is 19.5 Å². The molecule has 0 bridgehead atoms. The van der Waals surface area contributed by atoms with Crippen molar-refractivity contribution in [1.82, 2.24) is 4.90 Å². The van der Waals surface area contributed by atoms with Crippen molar-refractivity contribution in [2.24, 2.45) is 0 Å². The normalized spacial score (nSPS) is 17.1. The Morgan fingerprint density at radius 2 is 1.59 bits per heavy atom. The molecule has 1 amide bonds. The first-order valence-corrected chi connectivity index (χ1v) is 10.6.